The molecule has 0 unspecified atom stereocenters. The molecule has 1 fully saturated rings. The van der Waals surface area contributed by atoms with E-state index >= 15 is 0 Å². The van der Waals surface area contributed by atoms with Gasteiger partial charge in [0.1, 0.15) is 6.04 Å². The van der Waals surface area contributed by atoms with E-state index in [1.807, 2.05) is 20.8 Å². The molecule has 1 aliphatic rings. The molecule has 1 rings (SSSR count). The summed E-state index contributed by atoms with van der Waals surface area (Å²) in [6, 6.07) is -0.495. The first-order valence-electron chi connectivity index (χ1n) is 6.80. The Bertz CT molecular complexity index is 446. The SMILES string of the molecule is COC(=O)CCNC(=O)[C@@H]1CS[C@H](C)N1C(=O)C=C(C)C. The van der Waals surface area contributed by atoms with Crippen molar-refractivity contribution >= 4 is 29.5 Å². The number of ether oxygens (including phenoxy) is 1. The number of hydrogen-bond donors (Lipinski definition) is 1. The third-order valence-electron chi connectivity index (χ3n) is 3.05. The van der Waals surface area contributed by atoms with Gasteiger partial charge >= 0.3 is 5.97 Å². The van der Waals surface area contributed by atoms with E-state index in [4.69, 9.17) is 0 Å². The molecule has 0 aromatic carbocycles. The lowest BCUT2D eigenvalue weighted by molar-refractivity contribution is -0.141. The normalized spacial score (nSPS) is 20.9. The molecule has 1 saturated heterocycles. The molecule has 1 N–H and O–H groups in total. The maximum Gasteiger partial charge on any atom is 0.307 e. The topological polar surface area (TPSA) is 75.7 Å². The summed E-state index contributed by atoms with van der Waals surface area (Å²) in [5.41, 5.74) is 0.897. The van der Waals surface area contributed by atoms with Gasteiger partial charge in [-0.2, -0.15) is 0 Å². The number of nitrogens with one attached hydrogen (secondary N) is 1. The first-order valence-corrected chi connectivity index (χ1v) is 7.85. The highest BCUT2D eigenvalue weighted by atomic mass is 32.2. The lowest BCUT2D eigenvalue weighted by Crippen LogP contribution is -2.49. The highest BCUT2D eigenvalue weighted by Gasteiger charge is 2.38. The highest BCUT2D eigenvalue weighted by Crippen LogP contribution is 2.29. The first kappa shape index (κ1) is 17.6. The minimum absolute atomic E-state index is 0.0375. The quantitative estimate of drug-likeness (QED) is 0.603. The van der Waals surface area contributed by atoms with E-state index in [1.54, 1.807) is 16.7 Å². The Morgan fingerprint density at radius 1 is 1.38 bits per heavy atom. The maximum absolute atomic E-state index is 12.2. The summed E-state index contributed by atoms with van der Waals surface area (Å²) in [5.74, 6) is -0.193. The summed E-state index contributed by atoms with van der Waals surface area (Å²) in [5, 5.41) is 2.64. The van der Waals surface area contributed by atoms with Crippen molar-refractivity contribution < 1.29 is 19.1 Å². The predicted molar refractivity (Wildman–Crippen MR) is 81.6 cm³/mol. The minimum atomic E-state index is -0.495. The number of rotatable bonds is 5. The third kappa shape index (κ3) is 5.08. The third-order valence-corrected chi connectivity index (χ3v) is 4.27. The molecule has 0 saturated carbocycles. The number of carbonyl (C=O) groups excluding carboxylic acids is 3. The fourth-order valence-electron chi connectivity index (χ4n) is 2.01. The zero-order chi connectivity index (χ0) is 16.0. The number of hydrogen-bond acceptors (Lipinski definition) is 5. The summed E-state index contributed by atoms with van der Waals surface area (Å²) < 4.78 is 4.51. The van der Waals surface area contributed by atoms with Gasteiger partial charge in [0.15, 0.2) is 0 Å². The Morgan fingerprint density at radius 2 is 2.05 bits per heavy atom. The van der Waals surface area contributed by atoms with Crippen LogP contribution in [0.3, 0.4) is 0 Å². The van der Waals surface area contributed by atoms with Crippen LogP contribution in [0.1, 0.15) is 27.2 Å². The van der Waals surface area contributed by atoms with E-state index in [-0.39, 0.29) is 36.1 Å². The molecule has 2 atom stereocenters. The van der Waals surface area contributed by atoms with Crippen LogP contribution in [-0.2, 0) is 19.1 Å². The molecule has 6 nitrogen and oxygen atoms in total. The zero-order valence-electron chi connectivity index (χ0n) is 12.8. The molecule has 0 spiro atoms. The number of amides is 2. The van der Waals surface area contributed by atoms with E-state index < -0.39 is 6.04 Å². The Labute approximate surface area is 129 Å². The smallest absolute Gasteiger partial charge is 0.307 e. The fourth-order valence-corrected chi connectivity index (χ4v) is 3.19. The van der Waals surface area contributed by atoms with Gasteiger partial charge in [0, 0.05) is 18.4 Å². The summed E-state index contributed by atoms with van der Waals surface area (Å²) >= 11 is 1.56. The van der Waals surface area contributed by atoms with Gasteiger partial charge in [0.25, 0.3) is 0 Å². The molecule has 2 amide bonds. The molecule has 0 bridgehead atoms. The van der Waals surface area contributed by atoms with Crippen molar-refractivity contribution in [1.29, 1.82) is 0 Å². The molecule has 21 heavy (non-hydrogen) atoms. The summed E-state index contributed by atoms with van der Waals surface area (Å²) in [7, 11) is 1.30. The standard InChI is InChI=1S/C14H22N2O4S/c1-9(2)7-12(17)16-10(3)21-8-11(16)14(19)15-6-5-13(18)20-4/h7,10-11H,5-6,8H2,1-4H3,(H,15,19)/t10-,11+/m1/s1. The van der Waals surface area contributed by atoms with E-state index in [2.05, 4.69) is 10.1 Å². The second-order valence-corrected chi connectivity index (χ2v) is 6.38. The molecule has 0 aromatic rings. The van der Waals surface area contributed by atoms with Gasteiger partial charge in [-0.1, -0.05) is 5.57 Å². The van der Waals surface area contributed by atoms with Gasteiger partial charge in [0.2, 0.25) is 11.8 Å². The van der Waals surface area contributed by atoms with Crippen molar-refractivity contribution in [3.8, 4) is 0 Å². The number of thioether (sulfide) groups is 1. The van der Waals surface area contributed by atoms with Crippen LogP contribution in [0.4, 0.5) is 0 Å². The van der Waals surface area contributed by atoms with Gasteiger partial charge in [-0.3, -0.25) is 14.4 Å². The number of nitrogens with zero attached hydrogens (tertiary/aromatic N) is 1. The Kier molecular flexibility index (Phi) is 6.74. The number of esters is 1. The molecular formula is C14H22N2O4S. The second-order valence-electron chi connectivity index (χ2n) is 5.03. The van der Waals surface area contributed by atoms with Gasteiger partial charge in [-0.25, -0.2) is 0 Å². The van der Waals surface area contributed by atoms with Gasteiger partial charge in [0.05, 0.1) is 18.9 Å². The molecule has 7 heteroatoms. The van der Waals surface area contributed by atoms with Crippen LogP contribution in [0.25, 0.3) is 0 Å². The van der Waals surface area contributed by atoms with E-state index in [0.29, 0.717) is 5.75 Å². The summed E-state index contributed by atoms with van der Waals surface area (Å²) in [6.45, 7) is 5.81. The van der Waals surface area contributed by atoms with Crippen LogP contribution in [-0.4, -0.2) is 53.5 Å². The van der Waals surface area contributed by atoms with Crippen molar-refractivity contribution in [2.45, 2.75) is 38.6 Å². The van der Waals surface area contributed by atoms with Crippen molar-refractivity contribution in [2.24, 2.45) is 0 Å². The molecule has 1 heterocycles. The molecule has 0 aliphatic carbocycles. The fraction of sp³-hybridized carbons (Fsp3) is 0.643. The van der Waals surface area contributed by atoms with Crippen LogP contribution < -0.4 is 5.32 Å². The van der Waals surface area contributed by atoms with Gasteiger partial charge in [-0.15, -0.1) is 11.8 Å². The van der Waals surface area contributed by atoms with Crippen LogP contribution in [0.15, 0.2) is 11.6 Å². The maximum atomic E-state index is 12.2. The molecule has 0 aromatic heterocycles. The summed E-state index contributed by atoms with van der Waals surface area (Å²) in [4.78, 5) is 37.0. The second kappa shape index (κ2) is 8.07. The van der Waals surface area contributed by atoms with Crippen molar-refractivity contribution in [3.05, 3.63) is 11.6 Å². The van der Waals surface area contributed by atoms with Crippen molar-refractivity contribution in [3.63, 3.8) is 0 Å². The van der Waals surface area contributed by atoms with Crippen LogP contribution >= 0.6 is 11.8 Å². The van der Waals surface area contributed by atoms with E-state index in [0.717, 1.165) is 5.57 Å². The monoisotopic (exact) mass is 314 g/mol. The summed E-state index contributed by atoms with van der Waals surface area (Å²) in [6.07, 6.45) is 1.66. The first-order chi connectivity index (χ1) is 9.86. The average molecular weight is 314 g/mol. The number of carbonyl (C=O) groups is 3. The van der Waals surface area contributed by atoms with E-state index in [1.165, 1.54) is 13.2 Å². The average Bonchev–Trinajstić information content (AvgIpc) is 2.79. The lowest BCUT2D eigenvalue weighted by Gasteiger charge is -2.25. The van der Waals surface area contributed by atoms with Crippen molar-refractivity contribution in [1.82, 2.24) is 10.2 Å². The Morgan fingerprint density at radius 3 is 2.62 bits per heavy atom. The Hall–Kier alpha value is -1.50. The van der Waals surface area contributed by atoms with Gasteiger partial charge in [-0.05, 0) is 20.8 Å². The Balaban J connectivity index is 2.63. The van der Waals surface area contributed by atoms with E-state index in [9.17, 15) is 14.4 Å². The number of allylic oxidation sites excluding steroid dienone is 1. The number of methoxy groups -OCH3 is 1. The zero-order valence-corrected chi connectivity index (χ0v) is 13.7. The molecule has 118 valence electrons. The van der Waals surface area contributed by atoms with Crippen molar-refractivity contribution in [2.75, 3.05) is 19.4 Å². The van der Waals surface area contributed by atoms with Crippen LogP contribution in [0, 0.1) is 0 Å². The van der Waals surface area contributed by atoms with Crippen LogP contribution in [0.2, 0.25) is 0 Å². The largest absolute Gasteiger partial charge is 0.469 e. The minimum Gasteiger partial charge on any atom is -0.469 e. The molecule has 1 aliphatic heterocycles. The highest BCUT2D eigenvalue weighted by molar-refractivity contribution is 8.00. The predicted octanol–water partition coefficient (Wildman–Crippen LogP) is 0.922. The molecule has 0 radical (unpaired) electrons. The molecular weight excluding hydrogens is 292 g/mol. The van der Waals surface area contributed by atoms with Gasteiger partial charge < -0.3 is 15.0 Å². The van der Waals surface area contributed by atoms with Crippen LogP contribution in [0.5, 0.6) is 0 Å². The lowest BCUT2D eigenvalue weighted by atomic mass is 10.2.